The fourth-order valence-corrected chi connectivity index (χ4v) is 2.20. The Morgan fingerprint density at radius 3 is 2.83 bits per heavy atom. The van der Waals surface area contributed by atoms with E-state index in [0.717, 1.165) is 38.0 Å². The number of hydrogen-bond acceptors (Lipinski definition) is 3. The summed E-state index contributed by atoms with van der Waals surface area (Å²) in [5.41, 5.74) is 1.79. The van der Waals surface area contributed by atoms with E-state index >= 15 is 0 Å². The lowest BCUT2D eigenvalue weighted by atomic mass is 10.1. The summed E-state index contributed by atoms with van der Waals surface area (Å²) in [7, 11) is 0. The summed E-state index contributed by atoms with van der Waals surface area (Å²) >= 11 is 0. The predicted octanol–water partition coefficient (Wildman–Crippen LogP) is 2.03. The molecule has 0 amide bonds. The van der Waals surface area contributed by atoms with Crippen molar-refractivity contribution in [2.45, 2.75) is 18.9 Å². The van der Waals surface area contributed by atoms with E-state index in [4.69, 9.17) is 5.26 Å². The van der Waals surface area contributed by atoms with Gasteiger partial charge in [-0.15, -0.1) is 0 Å². The molecule has 1 saturated heterocycles. The molecule has 1 atom stereocenters. The number of aliphatic hydroxyl groups is 1. The van der Waals surface area contributed by atoms with Crippen LogP contribution in [0, 0.1) is 11.3 Å². The van der Waals surface area contributed by atoms with Gasteiger partial charge in [0.15, 0.2) is 0 Å². The minimum Gasteiger partial charge on any atom is -0.392 e. The first-order valence-corrected chi connectivity index (χ1v) is 6.35. The second-order valence-corrected chi connectivity index (χ2v) is 4.69. The van der Waals surface area contributed by atoms with Crippen LogP contribution < -0.4 is 0 Å². The fourth-order valence-electron chi connectivity index (χ4n) is 2.20. The molecule has 1 heterocycles. The van der Waals surface area contributed by atoms with Crippen molar-refractivity contribution >= 4 is 6.08 Å². The highest BCUT2D eigenvalue weighted by Crippen LogP contribution is 2.10. The molecule has 3 heteroatoms. The largest absolute Gasteiger partial charge is 0.392 e. The quantitative estimate of drug-likeness (QED) is 0.882. The third kappa shape index (κ3) is 3.69. The Kier molecular flexibility index (Phi) is 4.52. The molecule has 18 heavy (non-hydrogen) atoms. The number of aliphatic hydroxyl groups excluding tert-OH is 1. The van der Waals surface area contributed by atoms with E-state index in [2.05, 4.69) is 23.1 Å². The van der Waals surface area contributed by atoms with Gasteiger partial charge in [0, 0.05) is 13.1 Å². The van der Waals surface area contributed by atoms with E-state index in [9.17, 15) is 5.11 Å². The summed E-state index contributed by atoms with van der Waals surface area (Å²) in [4.78, 5) is 2.26. The van der Waals surface area contributed by atoms with E-state index in [1.807, 2.05) is 24.3 Å². The second kappa shape index (κ2) is 6.34. The molecular weight excluding hydrogens is 224 g/mol. The van der Waals surface area contributed by atoms with Gasteiger partial charge in [0.2, 0.25) is 0 Å². The molecule has 1 unspecified atom stereocenters. The normalized spacial score (nSPS) is 21.0. The third-order valence-electron chi connectivity index (χ3n) is 3.19. The van der Waals surface area contributed by atoms with Crippen LogP contribution >= 0.6 is 0 Å². The van der Waals surface area contributed by atoms with Crippen molar-refractivity contribution in [1.82, 2.24) is 4.90 Å². The van der Waals surface area contributed by atoms with Crippen LogP contribution in [0.25, 0.3) is 6.08 Å². The first kappa shape index (κ1) is 12.8. The van der Waals surface area contributed by atoms with Crippen molar-refractivity contribution in [3.63, 3.8) is 0 Å². The van der Waals surface area contributed by atoms with E-state index < -0.39 is 0 Å². The highest BCUT2D eigenvalue weighted by atomic mass is 16.3. The van der Waals surface area contributed by atoms with Gasteiger partial charge in [-0.25, -0.2) is 0 Å². The molecule has 1 aliphatic heterocycles. The number of likely N-dealkylation sites (tertiary alicyclic amines) is 1. The number of piperidine rings is 1. The second-order valence-electron chi connectivity index (χ2n) is 4.69. The van der Waals surface area contributed by atoms with Crippen molar-refractivity contribution in [3.05, 3.63) is 41.5 Å². The van der Waals surface area contributed by atoms with E-state index in [1.54, 1.807) is 0 Å². The molecule has 1 aromatic rings. The van der Waals surface area contributed by atoms with E-state index in [1.165, 1.54) is 0 Å². The number of nitriles is 1. The van der Waals surface area contributed by atoms with Gasteiger partial charge in [-0.05, 0) is 37.1 Å². The van der Waals surface area contributed by atoms with Gasteiger partial charge in [-0.3, -0.25) is 4.90 Å². The number of rotatable bonds is 3. The van der Waals surface area contributed by atoms with Crippen LogP contribution in [0.1, 0.15) is 24.0 Å². The Balaban J connectivity index is 1.85. The van der Waals surface area contributed by atoms with Crippen LogP contribution in [0.15, 0.2) is 30.3 Å². The lowest BCUT2D eigenvalue weighted by Gasteiger charge is -2.28. The first-order chi connectivity index (χ1) is 8.78. The van der Waals surface area contributed by atoms with Gasteiger partial charge in [0.1, 0.15) is 0 Å². The number of hydrogen-bond donors (Lipinski definition) is 1. The van der Waals surface area contributed by atoms with Gasteiger partial charge in [0.25, 0.3) is 0 Å². The van der Waals surface area contributed by atoms with E-state index in [0.29, 0.717) is 5.56 Å². The Hall–Kier alpha value is -1.63. The fraction of sp³-hybridized carbons (Fsp3) is 0.400. The lowest BCUT2D eigenvalue weighted by molar-refractivity contribution is 0.0771. The summed E-state index contributed by atoms with van der Waals surface area (Å²) < 4.78 is 0. The standard InChI is InChI=1S/C15H18N2O/c16-11-14-7-5-13(6-8-14)3-1-9-17-10-2-4-15(18)12-17/h1,3,5-8,15,18H,2,4,9-10,12H2/b3-1+. The zero-order valence-electron chi connectivity index (χ0n) is 10.4. The number of β-amino-alcohol motifs (C(OH)–C–C–N with tert-alkyl or cyclic N) is 1. The van der Waals surface area contributed by atoms with Crippen LogP contribution in [0.3, 0.4) is 0 Å². The van der Waals surface area contributed by atoms with Crippen LogP contribution in [0.4, 0.5) is 0 Å². The SMILES string of the molecule is N#Cc1ccc(/C=C/CN2CCCC(O)C2)cc1. The van der Waals surface area contributed by atoms with Gasteiger partial charge in [-0.1, -0.05) is 24.3 Å². The zero-order chi connectivity index (χ0) is 12.8. The maximum atomic E-state index is 9.56. The van der Waals surface area contributed by atoms with Gasteiger partial charge in [0.05, 0.1) is 17.7 Å². The zero-order valence-corrected chi connectivity index (χ0v) is 10.4. The van der Waals surface area contributed by atoms with Gasteiger partial charge in [-0.2, -0.15) is 5.26 Å². The molecule has 1 aromatic carbocycles. The highest BCUT2D eigenvalue weighted by molar-refractivity contribution is 5.51. The van der Waals surface area contributed by atoms with Gasteiger partial charge < -0.3 is 5.11 Å². The number of benzene rings is 1. The van der Waals surface area contributed by atoms with Crippen molar-refractivity contribution < 1.29 is 5.11 Å². The summed E-state index contributed by atoms with van der Waals surface area (Å²) in [6.07, 6.45) is 6.01. The summed E-state index contributed by atoms with van der Waals surface area (Å²) in [5, 5.41) is 18.3. The Morgan fingerprint density at radius 2 is 2.17 bits per heavy atom. The molecule has 0 aromatic heterocycles. The molecule has 0 saturated carbocycles. The third-order valence-corrected chi connectivity index (χ3v) is 3.19. The molecule has 0 aliphatic carbocycles. The van der Waals surface area contributed by atoms with E-state index in [-0.39, 0.29) is 6.10 Å². The molecule has 1 fully saturated rings. The molecule has 3 nitrogen and oxygen atoms in total. The molecule has 0 bridgehead atoms. The Bertz CT molecular complexity index is 445. The highest BCUT2D eigenvalue weighted by Gasteiger charge is 2.15. The minimum atomic E-state index is -0.165. The molecule has 0 spiro atoms. The van der Waals surface area contributed by atoms with Crippen molar-refractivity contribution in [1.29, 1.82) is 5.26 Å². The van der Waals surface area contributed by atoms with Gasteiger partial charge >= 0.3 is 0 Å². The lowest BCUT2D eigenvalue weighted by Crippen LogP contribution is -2.38. The van der Waals surface area contributed by atoms with Crippen LogP contribution in [0.5, 0.6) is 0 Å². The van der Waals surface area contributed by atoms with Crippen LogP contribution in [0.2, 0.25) is 0 Å². The van der Waals surface area contributed by atoms with Crippen molar-refractivity contribution in [3.8, 4) is 6.07 Å². The summed E-state index contributed by atoms with van der Waals surface area (Å²) in [6.45, 7) is 2.71. The average Bonchev–Trinajstić information content (AvgIpc) is 2.40. The Labute approximate surface area is 108 Å². The topological polar surface area (TPSA) is 47.3 Å². The molecule has 1 aliphatic rings. The smallest absolute Gasteiger partial charge is 0.0991 e. The number of nitrogens with zero attached hydrogens (tertiary/aromatic N) is 2. The summed E-state index contributed by atoms with van der Waals surface area (Å²) in [6, 6.07) is 9.64. The van der Waals surface area contributed by atoms with Crippen LogP contribution in [-0.2, 0) is 0 Å². The van der Waals surface area contributed by atoms with Crippen molar-refractivity contribution in [2.75, 3.05) is 19.6 Å². The van der Waals surface area contributed by atoms with Crippen LogP contribution in [-0.4, -0.2) is 35.7 Å². The maximum Gasteiger partial charge on any atom is 0.0991 e. The molecule has 1 N–H and O–H groups in total. The summed E-state index contributed by atoms with van der Waals surface area (Å²) in [5.74, 6) is 0. The average molecular weight is 242 g/mol. The predicted molar refractivity (Wildman–Crippen MR) is 71.9 cm³/mol. The molecule has 2 rings (SSSR count). The monoisotopic (exact) mass is 242 g/mol. The van der Waals surface area contributed by atoms with Crippen molar-refractivity contribution in [2.24, 2.45) is 0 Å². The molecule has 0 radical (unpaired) electrons. The Morgan fingerprint density at radius 1 is 1.39 bits per heavy atom. The maximum absolute atomic E-state index is 9.56. The molecular formula is C15H18N2O. The minimum absolute atomic E-state index is 0.165. The first-order valence-electron chi connectivity index (χ1n) is 6.35. The molecule has 94 valence electrons.